The summed E-state index contributed by atoms with van der Waals surface area (Å²) in [6, 6.07) is 6.56. The van der Waals surface area contributed by atoms with Crippen molar-refractivity contribution in [2.45, 2.75) is 72.4 Å². The fourth-order valence-corrected chi connectivity index (χ4v) is 4.66. The summed E-state index contributed by atoms with van der Waals surface area (Å²) in [7, 11) is 8.30. The number of anilines is 1. The average Bonchev–Trinajstić information content (AvgIpc) is 2.86. The Bertz CT molecular complexity index is 1180. The van der Waals surface area contributed by atoms with Crippen LogP contribution in [0.4, 0.5) is 5.69 Å². The van der Waals surface area contributed by atoms with Gasteiger partial charge in [0.15, 0.2) is 0 Å². The molecule has 38 heavy (non-hydrogen) atoms. The Morgan fingerprint density at radius 3 is 2.29 bits per heavy atom. The third-order valence-corrected chi connectivity index (χ3v) is 6.87. The molecule has 0 bridgehead atoms. The normalized spacial score (nSPS) is 13.4. The zero-order valence-corrected chi connectivity index (χ0v) is 24.7. The average molecular weight is 522 g/mol. The van der Waals surface area contributed by atoms with Gasteiger partial charge in [-0.2, -0.15) is 0 Å². The summed E-state index contributed by atoms with van der Waals surface area (Å²) < 4.78 is 0. The second-order valence-corrected chi connectivity index (χ2v) is 10.6. The summed E-state index contributed by atoms with van der Waals surface area (Å²) in [5, 5.41) is 6.18. The number of hydrogen-bond donors (Lipinski definition) is 3. The van der Waals surface area contributed by atoms with Crippen LogP contribution < -0.4 is 16.2 Å². The molecule has 7 nitrogen and oxygen atoms in total. The first-order valence-corrected chi connectivity index (χ1v) is 13.7. The topological polar surface area (TPSA) is 80.5 Å². The van der Waals surface area contributed by atoms with Crippen molar-refractivity contribution in [3.05, 3.63) is 62.1 Å². The quantitative estimate of drug-likeness (QED) is 0.469. The Morgan fingerprint density at radius 2 is 1.74 bits per heavy atom. The van der Waals surface area contributed by atoms with Crippen LogP contribution in [0.25, 0.3) is 0 Å². The molecule has 0 spiro atoms. The zero-order valence-electron chi connectivity index (χ0n) is 24.7. The van der Waals surface area contributed by atoms with Gasteiger partial charge in [0, 0.05) is 47.2 Å². The lowest BCUT2D eigenvalue weighted by Gasteiger charge is -2.27. The summed E-state index contributed by atoms with van der Waals surface area (Å²) in [5.74, 6) is 6.01. The van der Waals surface area contributed by atoms with Crippen LogP contribution in [-0.2, 0) is 6.54 Å². The number of hydrogen-bond acceptors (Lipinski definition) is 5. The van der Waals surface area contributed by atoms with E-state index in [-0.39, 0.29) is 18.0 Å². The molecule has 7 heteroatoms. The summed E-state index contributed by atoms with van der Waals surface area (Å²) in [6.45, 7) is 9.19. The van der Waals surface area contributed by atoms with Crippen LogP contribution in [0.3, 0.4) is 0 Å². The fraction of sp³-hybridized carbons (Fsp3) is 0.548. The van der Waals surface area contributed by atoms with E-state index in [9.17, 15) is 9.59 Å². The highest BCUT2D eigenvalue weighted by atomic mass is 16.1. The standard InChI is InChI=1S/C23H30N4O2.C8H17N/c1-7-24-21-13-18(9-8-10-27(5)6)12-19(17(21)4)22(28)25-14-20-15(2)11-16(3)26-23(20)29;1-9(2)8-6-4-3-5-7-8/h11-13,24H,7,10,14H2,1-6H3,(H,25,28)(H,26,29);8H,3-7H2,1-2H3. The van der Waals surface area contributed by atoms with E-state index in [1.54, 1.807) is 6.07 Å². The maximum atomic E-state index is 12.9. The number of aromatic nitrogens is 1. The molecule has 1 aromatic carbocycles. The van der Waals surface area contributed by atoms with Gasteiger partial charge in [0.05, 0.1) is 6.54 Å². The third-order valence-electron chi connectivity index (χ3n) is 6.87. The summed E-state index contributed by atoms with van der Waals surface area (Å²) in [5.41, 5.74) is 5.14. The first kappa shape index (κ1) is 31.1. The Labute approximate surface area is 229 Å². The number of nitrogens with one attached hydrogen (secondary N) is 3. The van der Waals surface area contributed by atoms with E-state index in [1.165, 1.54) is 32.1 Å². The van der Waals surface area contributed by atoms with Gasteiger partial charge in [-0.3, -0.25) is 14.5 Å². The molecule has 1 fully saturated rings. The highest BCUT2D eigenvalue weighted by Crippen LogP contribution is 2.22. The molecule has 1 amide bonds. The van der Waals surface area contributed by atoms with E-state index >= 15 is 0 Å². The molecule has 1 aliphatic rings. The van der Waals surface area contributed by atoms with Crippen LogP contribution in [0, 0.1) is 32.6 Å². The summed E-state index contributed by atoms with van der Waals surface area (Å²) >= 11 is 0. The number of amides is 1. The summed E-state index contributed by atoms with van der Waals surface area (Å²) in [4.78, 5) is 32.2. The predicted molar refractivity (Wildman–Crippen MR) is 159 cm³/mol. The lowest BCUT2D eigenvalue weighted by atomic mass is 9.95. The van der Waals surface area contributed by atoms with Crippen molar-refractivity contribution in [1.29, 1.82) is 0 Å². The minimum atomic E-state index is -0.225. The van der Waals surface area contributed by atoms with E-state index in [1.807, 2.05) is 58.8 Å². The van der Waals surface area contributed by atoms with Gasteiger partial charge in [-0.15, -0.1) is 0 Å². The molecular weight excluding hydrogens is 474 g/mol. The highest BCUT2D eigenvalue weighted by molar-refractivity contribution is 5.97. The lowest BCUT2D eigenvalue weighted by molar-refractivity contribution is 0.0950. The van der Waals surface area contributed by atoms with Crippen molar-refractivity contribution in [2.75, 3.05) is 46.6 Å². The van der Waals surface area contributed by atoms with Crippen LogP contribution >= 0.6 is 0 Å². The Kier molecular flexibility index (Phi) is 12.6. The zero-order chi connectivity index (χ0) is 28.2. The fourth-order valence-electron chi connectivity index (χ4n) is 4.66. The Morgan fingerprint density at radius 1 is 1.05 bits per heavy atom. The molecular formula is C31H47N5O2. The molecule has 0 aliphatic heterocycles. The van der Waals surface area contributed by atoms with Crippen molar-refractivity contribution in [3.63, 3.8) is 0 Å². The first-order chi connectivity index (χ1) is 18.0. The van der Waals surface area contributed by atoms with Gasteiger partial charge in [-0.25, -0.2) is 0 Å². The van der Waals surface area contributed by atoms with Crippen LogP contribution in [0.15, 0.2) is 23.0 Å². The SMILES string of the molecule is CCNc1cc(C#CCN(C)C)cc(C(=O)NCc2c(C)cc(C)[nH]c2=O)c1C.CN(C)C1CCCCC1. The second-order valence-electron chi connectivity index (χ2n) is 10.6. The van der Waals surface area contributed by atoms with Crippen LogP contribution in [0.2, 0.25) is 0 Å². The number of aromatic amines is 1. The van der Waals surface area contributed by atoms with Gasteiger partial charge in [0.1, 0.15) is 0 Å². The molecule has 1 heterocycles. The van der Waals surface area contributed by atoms with Gasteiger partial charge in [-0.1, -0.05) is 31.1 Å². The molecule has 3 N–H and O–H groups in total. The minimum absolute atomic E-state index is 0.170. The van der Waals surface area contributed by atoms with Gasteiger partial charge in [0.2, 0.25) is 0 Å². The monoisotopic (exact) mass is 521 g/mol. The number of pyridine rings is 1. The van der Waals surface area contributed by atoms with E-state index in [0.29, 0.717) is 17.7 Å². The van der Waals surface area contributed by atoms with Crippen molar-refractivity contribution in [1.82, 2.24) is 20.1 Å². The number of carbonyl (C=O) groups is 1. The van der Waals surface area contributed by atoms with Crippen LogP contribution in [0.5, 0.6) is 0 Å². The molecule has 1 aromatic heterocycles. The molecule has 1 saturated carbocycles. The Hall–Kier alpha value is -3.08. The van der Waals surface area contributed by atoms with Crippen LogP contribution in [0.1, 0.15) is 77.3 Å². The van der Waals surface area contributed by atoms with Crippen molar-refractivity contribution >= 4 is 11.6 Å². The van der Waals surface area contributed by atoms with Crippen molar-refractivity contribution in [3.8, 4) is 11.8 Å². The number of H-pyrrole nitrogens is 1. The molecule has 1 aliphatic carbocycles. The van der Waals surface area contributed by atoms with E-state index < -0.39 is 0 Å². The van der Waals surface area contributed by atoms with E-state index in [2.05, 4.69) is 46.5 Å². The third kappa shape index (κ3) is 9.66. The largest absolute Gasteiger partial charge is 0.385 e. The first-order valence-electron chi connectivity index (χ1n) is 13.7. The predicted octanol–water partition coefficient (Wildman–Crippen LogP) is 4.46. The van der Waals surface area contributed by atoms with E-state index in [4.69, 9.17) is 0 Å². The number of rotatable bonds is 7. The molecule has 0 saturated heterocycles. The van der Waals surface area contributed by atoms with Gasteiger partial charge in [0.25, 0.3) is 11.5 Å². The molecule has 0 radical (unpaired) electrons. The van der Waals surface area contributed by atoms with Crippen molar-refractivity contribution in [2.24, 2.45) is 0 Å². The van der Waals surface area contributed by atoms with Gasteiger partial charge >= 0.3 is 0 Å². The second kappa shape index (κ2) is 15.4. The maximum Gasteiger partial charge on any atom is 0.253 e. The lowest BCUT2D eigenvalue weighted by Crippen LogP contribution is -2.29. The number of benzene rings is 1. The summed E-state index contributed by atoms with van der Waals surface area (Å²) in [6.07, 6.45) is 7.20. The van der Waals surface area contributed by atoms with Gasteiger partial charge < -0.3 is 20.5 Å². The van der Waals surface area contributed by atoms with Crippen LogP contribution in [-0.4, -0.2) is 68.0 Å². The maximum absolute atomic E-state index is 12.9. The molecule has 0 atom stereocenters. The molecule has 0 unspecified atom stereocenters. The van der Waals surface area contributed by atoms with Gasteiger partial charge in [-0.05, 0) is 98.1 Å². The Balaban J connectivity index is 0.000000474. The minimum Gasteiger partial charge on any atom is -0.385 e. The molecule has 3 rings (SSSR count). The highest BCUT2D eigenvalue weighted by Gasteiger charge is 2.15. The molecule has 2 aromatic rings. The van der Waals surface area contributed by atoms with Crippen molar-refractivity contribution < 1.29 is 4.79 Å². The number of nitrogens with zero attached hydrogens (tertiary/aromatic N) is 2. The van der Waals surface area contributed by atoms with E-state index in [0.717, 1.165) is 40.7 Å². The number of aryl methyl sites for hydroxylation is 2. The molecule has 208 valence electrons. The number of carbonyl (C=O) groups excluding carboxylic acids is 1. The smallest absolute Gasteiger partial charge is 0.253 e.